The smallest absolute Gasteiger partial charge is 0.252 e. The minimum atomic E-state index is -1.61. The van der Waals surface area contributed by atoms with Crippen LogP contribution in [0.1, 0.15) is 82.2 Å². The van der Waals surface area contributed by atoms with Gasteiger partial charge in [-0.05, 0) is 104 Å². The van der Waals surface area contributed by atoms with Crippen molar-refractivity contribution >= 4 is 12.0 Å². The van der Waals surface area contributed by atoms with Crippen LogP contribution in [0.3, 0.4) is 0 Å². The van der Waals surface area contributed by atoms with Crippen LogP contribution in [-0.2, 0) is 17.6 Å². The topological polar surface area (TPSA) is 108 Å². The first-order chi connectivity index (χ1) is 22.0. The van der Waals surface area contributed by atoms with Crippen molar-refractivity contribution in [1.29, 1.82) is 0 Å². The van der Waals surface area contributed by atoms with Crippen molar-refractivity contribution in [2.75, 3.05) is 6.61 Å². The lowest BCUT2D eigenvalue weighted by Gasteiger charge is -2.60. The molecule has 0 radical (unpaired) electrons. The SMILES string of the molecule is CC1C=C(F)C=CC1n1ncc2c1C=C1CCC3C([C@@H](O)CC4(C)C3CC[C@]4(O)C(=O)N[C@H](CO)CCc3ccccc3)C1(C)C2. The number of hydrogen-bond acceptors (Lipinski definition) is 5. The minimum Gasteiger partial charge on any atom is -0.394 e. The largest absolute Gasteiger partial charge is 0.394 e. The molecule has 1 heterocycles. The van der Waals surface area contributed by atoms with Crippen LogP contribution >= 0.6 is 0 Å². The van der Waals surface area contributed by atoms with E-state index in [-0.39, 0.29) is 47.6 Å². The molecule has 3 fully saturated rings. The Morgan fingerprint density at radius 3 is 2.74 bits per heavy atom. The fourth-order valence-electron chi connectivity index (χ4n) is 10.4. The molecule has 0 bridgehead atoms. The minimum absolute atomic E-state index is 0.00841. The maximum absolute atomic E-state index is 13.9. The summed E-state index contributed by atoms with van der Waals surface area (Å²) in [4.78, 5) is 13.9. The van der Waals surface area contributed by atoms with E-state index in [4.69, 9.17) is 5.10 Å². The van der Waals surface area contributed by atoms with Gasteiger partial charge in [0.05, 0.1) is 36.7 Å². The van der Waals surface area contributed by atoms with Gasteiger partial charge < -0.3 is 20.6 Å². The predicted octanol–water partition coefficient (Wildman–Crippen LogP) is 5.48. The number of halogens is 1. The maximum Gasteiger partial charge on any atom is 0.252 e. The van der Waals surface area contributed by atoms with Gasteiger partial charge in [-0.1, -0.05) is 62.8 Å². The number of benzene rings is 1. The maximum atomic E-state index is 13.9. The number of fused-ring (bicyclic) bond motifs is 6. The standard InChI is InChI=1S/C38H48FN3O4/c1-23-17-27(39)11-14-31(23)42-32-18-26-10-13-29-30-15-16-38(46,35(45)41-28(22-43)12-9-24-7-5-4-6-8-24)37(30,3)20-33(44)34(29)36(26,2)19-25(32)21-40-42/h4-8,11,14,17-18,21,23,28-31,33-34,43-44,46H,9-10,12-13,15-16,19-20,22H2,1-3H3,(H,41,45)/t23?,28-,29?,30?,31?,33-,34?,36?,37?,38-/m0/s1. The van der Waals surface area contributed by atoms with E-state index in [0.29, 0.717) is 25.7 Å². The normalized spacial score (nSPS) is 38.5. The van der Waals surface area contributed by atoms with Crippen LogP contribution in [0, 0.1) is 34.5 Å². The molecule has 3 saturated carbocycles. The number of hydrogen-bond donors (Lipinski definition) is 4. The molecule has 46 heavy (non-hydrogen) atoms. The molecule has 7 rings (SSSR count). The first kappa shape index (κ1) is 31.5. The van der Waals surface area contributed by atoms with Crippen LogP contribution in [-0.4, -0.2) is 55.4 Å². The molecule has 0 aliphatic heterocycles. The van der Waals surface area contributed by atoms with Crippen LogP contribution in [0.25, 0.3) is 6.08 Å². The summed E-state index contributed by atoms with van der Waals surface area (Å²) >= 11 is 0. The highest BCUT2D eigenvalue weighted by Crippen LogP contribution is 2.67. The van der Waals surface area contributed by atoms with Gasteiger partial charge in [0.25, 0.3) is 5.91 Å². The zero-order chi connectivity index (χ0) is 32.4. The van der Waals surface area contributed by atoms with Gasteiger partial charge in [-0.2, -0.15) is 5.10 Å². The van der Waals surface area contributed by atoms with E-state index in [9.17, 15) is 24.5 Å². The monoisotopic (exact) mass is 629 g/mol. The Labute approximate surface area is 271 Å². The summed E-state index contributed by atoms with van der Waals surface area (Å²) in [6, 6.07) is 9.48. The number of aromatic nitrogens is 2. The van der Waals surface area contributed by atoms with E-state index in [1.54, 1.807) is 6.08 Å². The zero-order valence-electron chi connectivity index (χ0n) is 27.2. The van der Waals surface area contributed by atoms with Gasteiger partial charge in [-0.3, -0.25) is 9.48 Å². The van der Waals surface area contributed by atoms with Crippen LogP contribution in [0.4, 0.5) is 4.39 Å². The molecule has 8 heteroatoms. The molecule has 1 aromatic heterocycles. The summed E-state index contributed by atoms with van der Waals surface area (Å²) in [5.41, 5.74) is 2.05. The van der Waals surface area contributed by atoms with Gasteiger partial charge in [0.1, 0.15) is 11.4 Å². The van der Waals surface area contributed by atoms with Gasteiger partial charge in [0.2, 0.25) is 0 Å². The summed E-state index contributed by atoms with van der Waals surface area (Å²) in [7, 11) is 0. The van der Waals surface area contributed by atoms with E-state index in [1.807, 2.05) is 61.1 Å². The highest BCUT2D eigenvalue weighted by molar-refractivity contribution is 5.87. The molecule has 1 amide bonds. The number of amides is 1. The van der Waals surface area contributed by atoms with E-state index >= 15 is 0 Å². The molecule has 1 aromatic carbocycles. The van der Waals surface area contributed by atoms with E-state index in [0.717, 1.165) is 42.5 Å². The number of aliphatic hydroxyl groups is 3. The Morgan fingerprint density at radius 1 is 1.22 bits per heavy atom. The van der Waals surface area contributed by atoms with Crippen molar-refractivity contribution in [3.63, 3.8) is 0 Å². The Kier molecular flexibility index (Phi) is 7.93. The van der Waals surface area contributed by atoms with E-state index in [2.05, 4.69) is 18.3 Å². The van der Waals surface area contributed by atoms with E-state index < -0.39 is 29.1 Å². The molecule has 0 spiro atoms. The molecule has 4 N–H and O–H groups in total. The molecule has 2 aromatic rings. The number of carbonyl (C=O) groups excluding carboxylic acids is 1. The van der Waals surface area contributed by atoms with Crippen LogP contribution in [0.5, 0.6) is 0 Å². The molecular weight excluding hydrogens is 581 g/mol. The Bertz CT molecular complexity index is 1580. The number of nitrogens with one attached hydrogen (secondary N) is 1. The number of aliphatic hydroxyl groups excluding tert-OH is 2. The first-order valence-corrected chi connectivity index (χ1v) is 17.2. The predicted molar refractivity (Wildman–Crippen MR) is 175 cm³/mol. The molecule has 5 aliphatic carbocycles. The lowest BCUT2D eigenvalue weighted by atomic mass is 9.45. The van der Waals surface area contributed by atoms with Gasteiger partial charge in [-0.25, -0.2) is 4.39 Å². The summed E-state index contributed by atoms with van der Waals surface area (Å²) in [5, 5.41) is 42.1. The second kappa shape index (κ2) is 11.6. The summed E-state index contributed by atoms with van der Waals surface area (Å²) in [6.45, 7) is 6.11. The van der Waals surface area contributed by atoms with Gasteiger partial charge in [0, 0.05) is 11.3 Å². The quantitative estimate of drug-likeness (QED) is 0.325. The molecule has 7 nitrogen and oxygen atoms in total. The molecule has 7 unspecified atom stereocenters. The Hall–Kier alpha value is -3.07. The lowest BCUT2D eigenvalue weighted by molar-refractivity contribution is -0.181. The summed E-state index contributed by atoms with van der Waals surface area (Å²) < 4.78 is 15.9. The van der Waals surface area contributed by atoms with Crippen molar-refractivity contribution in [3.05, 3.63) is 83.0 Å². The van der Waals surface area contributed by atoms with Crippen LogP contribution in [0.2, 0.25) is 0 Å². The summed E-state index contributed by atoms with van der Waals surface area (Å²) in [6.07, 6.45) is 13.9. The second-order valence-corrected chi connectivity index (χ2v) is 15.3. The average Bonchev–Trinajstić information content (AvgIpc) is 3.55. The number of aryl methyl sites for hydroxylation is 1. The molecule has 5 aliphatic rings. The van der Waals surface area contributed by atoms with Gasteiger partial charge in [0.15, 0.2) is 0 Å². The number of nitrogens with zero attached hydrogens (tertiary/aromatic N) is 2. The second-order valence-electron chi connectivity index (χ2n) is 15.3. The van der Waals surface area contributed by atoms with Crippen LogP contribution in [0.15, 0.2) is 66.2 Å². The van der Waals surface area contributed by atoms with E-state index in [1.165, 1.54) is 11.6 Å². The molecule has 246 valence electrons. The Morgan fingerprint density at radius 2 is 2.00 bits per heavy atom. The first-order valence-electron chi connectivity index (χ1n) is 17.2. The average molecular weight is 630 g/mol. The van der Waals surface area contributed by atoms with Crippen molar-refractivity contribution in [2.24, 2.45) is 34.5 Å². The molecule has 0 saturated heterocycles. The highest BCUT2D eigenvalue weighted by atomic mass is 19.1. The third kappa shape index (κ3) is 4.86. The fourth-order valence-corrected chi connectivity index (χ4v) is 10.4. The van der Waals surface area contributed by atoms with Crippen molar-refractivity contribution in [3.8, 4) is 0 Å². The third-order valence-electron chi connectivity index (χ3n) is 12.9. The lowest BCUT2D eigenvalue weighted by Crippen LogP contribution is -2.64. The van der Waals surface area contributed by atoms with Crippen molar-refractivity contribution < 1.29 is 24.5 Å². The molecule has 10 atom stereocenters. The van der Waals surface area contributed by atoms with Gasteiger partial charge >= 0.3 is 0 Å². The number of rotatable bonds is 7. The fraction of sp³-hybridized carbons (Fsp3) is 0.579. The highest BCUT2D eigenvalue weighted by Gasteiger charge is 2.68. The zero-order valence-corrected chi connectivity index (χ0v) is 27.2. The summed E-state index contributed by atoms with van der Waals surface area (Å²) in [5.74, 6) is -0.354. The van der Waals surface area contributed by atoms with Gasteiger partial charge in [-0.15, -0.1) is 0 Å². The Balaban J connectivity index is 1.10. The number of allylic oxidation sites excluding steroid dienone is 5. The van der Waals surface area contributed by atoms with Crippen molar-refractivity contribution in [1.82, 2.24) is 15.1 Å². The molecular formula is C38H48FN3O4. The number of carbonyl (C=O) groups is 1. The van der Waals surface area contributed by atoms with Crippen molar-refractivity contribution in [2.45, 2.75) is 95.9 Å². The van der Waals surface area contributed by atoms with Crippen LogP contribution < -0.4 is 5.32 Å². The third-order valence-corrected chi connectivity index (χ3v) is 12.9.